The number of halogens is 1. The average molecular weight is 415 g/mol. The zero-order valence-electron chi connectivity index (χ0n) is 17.4. The van der Waals surface area contributed by atoms with Crippen LogP contribution in [-0.2, 0) is 11.3 Å². The highest BCUT2D eigenvalue weighted by atomic mass is 35.5. The second-order valence-electron chi connectivity index (χ2n) is 7.63. The van der Waals surface area contributed by atoms with Gasteiger partial charge < -0.3 is 14.5 Å². The van der Waals surface area contributed by atoms with E-state index in [4.69, 9.17) is 16.3 Å². The van der Waals surface area contributed by atoms with E-state index in [9.17, 15) is 9.59 Å². The smallest absolute Gasteiger partial charge is 0.258 e. The zero-order chi connectivity index (χ0) is 21.1. The number of ether oxygens (including phenoxy) is 1. The Balaban J connectivity index is 1.78. The summed E-state index contributed by atoms with van der Waals surface area (Å²) in [5, 5.41) is 0.461. The maximum absolute atomic E-state index is 13.2. The van der Waals surface area contributed by atoms with E-state index in [1.807, 2.05) is 0 Å². The molecule has 1 atom stereocenters. The van der Waals surface area contributed by atoms with Gasteiger partial charge in [0.15, 0.2) is 0 Å². The first-order valence-corrected chi connectivity index (χ1v) is 10.1. The maximum atomic E-state index is 13.2. The summed E-state index contributed by atoms with van der Waals surface area (Å²) in [5.41, 5.74) is 3.85. The molecule has 0 aromatic heterocycles. The van der Waals surface area contributed by atoms with E-state index in [-0.39, 0.29) is 11.8 Å². The van der Waals surface area contributed by atoms with Gasteiger partial charge in [-0.2, -0.15) is 0 Å². The molecule has 1 fully saturated rings. The Bertz CT molecular complexity index is 928. The normalized spacial score (nSPS) is 16.0. The maximum Gasteiger partial charge on any atom is 0.258 e. The molecule has 2 aromatic rings. The van der Waals surface area contributed by atoms with Gasteiger partial charge in [-0.1, -0.05) is 35.4 Å². The molecule has 6 heteroatoms. The van der Waals surface area contributed by atoms with Crippen LogP contribution in [0.25, 0.3) is 0 Å². The van der Waals surface area contributed by atoms with Crippen molar-refractivity contribution in [2.24, 2.45) is 0 Å². The summed E-state index contributed by atoms with van der Waals surface area (Å²) < 4.78 is 5.32. The van der Waals surface area contributed by atoms with E-state index in [0.29, 0.717) is 35.8 Å². The van der Waals surface area contributed by atoms with Crippen molar-refractivity contribution in [2.75, 3.05) is 20.7 Å². The van der Waals surface area contributed by atoms with Crippen LogP contribution in [0.3, 0.4) is 0 Å². The summed E-state index contributed by atoms with van der Waals surface area (Å²) in [4.78, 5) is 29.7. The summed E-state index contributed by atoms with van der Waals surface area (Å²) in [6.07, 6.45) is 1.45. The van der Waals surface area contributed by atoms with Crippen LogP contribution in [0.4, 0.5) is 0 Å². The van der Waals surface area contributed by atoms with Crippen molar-refractivity contribution in [2.45, 2.75) is 39.3 Å². The number of nitrogens with zero attached hydrogens (tertiary/aromatic N) is 2. The number of hydrogen-bond acceptors (Lipinski definition) is 3. The fourth-order valence-electron chi connectivity index (χ4n) is 3.88. The van der Waals surface area contributed by atoms with E-state index in [1.165, 1.54) is 12.7 Å². The van der Waals surface area contributed by atoms with Crippen LogP contribution in [-0.4, -0.2) is 48.4 Å². The van der Waals surface area contributed by atoms with Crippen LogP contribution in [0.1, 0.15) is 39.9 Å². The molecule has 1 heterocycles. The fraction of sp³-hybridized carbons (Fsp3) is 0.391. The van der Waals surface area contributed by atoms with E-state index in [2.05, 4.69) is 32.0 Å². The number of likely N-dealkylation sites (N-methyl/N-ethyl adjacent to an activating group) is 1. The van der Waals surface area contributed by atoms with Crippen molar-refractivity contribution in [1.29, 1.82) is 0 Å². The lowest BCUT2D eigenvalue weighted by atomic mass is 10.0. The second-order valence-corrected chi connectivity index (χ2v) is 8.06. The molecule has 29 heavy (non-hydrogen) atoms. The molecular formula is C23H27ClN2O3. The van der Waals surface area contributed by atoms with Gasteiger partial charge in [0.05, 0.1) is 12.7 Å². The van der Waals surface area contributed by atoms with Crippen molar-refractivity contribution in [3.63, 3.8) is 0 Å². The molecule has 1 saturated heterocycles. The second kappa shape index (κ2) is 8.87. The first-order chi connectivity index (χ1) is 13.8. The van der Waals surface area contributed by atoms with Gasteiger partial charge in [0.25, 0.3) is 5.91 Å². The molecule has 0 spiro atoms. The molecule has 0 radical (unpaired) electrons. The number of carbonyl (C=O) groups is 2. The minimum atomic E-state index is -0.470. The highest BCUT2D eigenvalue weighted by Gasteiger charge is 2.37. The highest BCUT2D eigenvalue weighted by molar-refractivity contribution is 6.31. The van der Waals surface area contributed by atoms with Crippen molar-refractivity contribution in [3.8, 4) is 5.75 Å². The monoisotopic (exact) mass is 414 g/mol. The molecule has 1 aliphatic rings. The molecule has 3 rings (SSSR count). The van der Waals surface area contributed by atoms with Crippen LogP contribution in [0.5, 0.6) is 5.75 Å². The third-order valence-electron chi connectivity index (χ3n) is 5.47. The van der Waals surface area contributed by atoms with Gasteiger partial charge in [0.2, 0.25) is 5.91 Å². The molecule has 0 bridgehead atoms. The quantitative estimate of drug-likeness (QED) is 0.735. The number of benzene rings is 2. The Hall–Kier alpha value is -2.53. The van der Waals surface area contributed by atoms with E-state index >= 15 is 0 Å². The topological polar surface area (TPSA) is 49.9 Å². The number of carbonyl (C=O) groups excluding carboxylic acids is 2. The van der Waals surface area contributed by atoms with Gasteiger partial charge in [-0.15, -0.1) is 0 Å². The SMILES string of the molecule is COc1ccc(Cl)cc1C(=O)N1CCC[C@H]1C(=O)N(C)Cc1ccc(C)cc1C. The molecule has 154 valence electrons. The minimum absolute atomic E-state index is 0.0446. The van der Waals surface area contributed by atoms with E-state index in [1.54, 1.807) is 35.0 Å². The van der Waals surface area contributed by atoms with E-state index in [0.717, 1.165) is 17.5 Å². The van der Waals surface area contributed by atoms with Crippen LogP contribution < -0.4 is 4.74 Å². The lowest BCUT2D eigenvalue weighted by Crippen LogP contribution is -2.46. The number of methoxy groups -OCH3 is 1. The predicted octanol–water partition coefficient (Wildman–Crippen LogP) is 4.23. The number of aryl methyl sites for hydroxylation is 2. The summed E-state index contributed by atoms with van der Waals surface area (Å²) >= 11 is 6.09. The molecule has 1 aliphatic heterocycles. The molecule has 5 nitrogen and oxygen atoms in total. The summed E-state index contributed by atoms with van der Waals surface area (Å²) in [5.74, 6) is 0.193. The Morgan fingerprint density at radius 3 is 2.66 bits per heavy atom. The molecule has 0 unspecified atom stereocenters. The first kappa shape index (κ1) is 21.2. The van der Waals surface area contributed by atoms with Crippen molar-refractivity contribution >= 4 is 23.4 Å². The van der Waals surface area contributed by atoms with Crippen LogP contribution in [0.15, 0.2) is 36.4 Å². The van der Waals surface area contributed by atoms with Crippen molar-refractivity contribution in [1.82, 2.24) is 9.80 Å². The average Bonchev–Trinajstić information content (AvgIpc) is 3.18. The molecule has 0 saturated carbocycles. The Kier molecular flexibility index (Phi) is 6.48. The minimum Gasteiger partial charge on any atom is -0.496 e. The third kappa shape index (κ3) is 4.56. The predicted molar refractivity (Wildman–Crippen MR) is 114 cm³/mol. The Labute approximate surface area is 177 Å². The van der Waals surface area contributed by atoms with Gasteiger partial charge in [-0.05, 0) is 56.0 Å². The standard InChI is InChI=1S/C23H27ClN2O3/c1-15-7-8-17(16(2)12-15)14-25(3)23(28)20-6-5-11-26(20)22(27)19-13-18(24)9-10-21(19)29-4/h7-10,12-13,20H,5-6,11,14H2,1-4H3/t20-/m0/s1. The van der Waals surface area contributed by atoms with Crippen molar-refractivity contribution < 1.29 is 14.3 Å². The fourth-order valence-corrected chi connectivity index (χ4v) is 4.05. The number of amides is 2. The molecule has 0 N–H and O–H groups in total. The van der Waals surface area contributed by atoms with Gasteiger partial charge >= 0.3 is 0 Å². The van der Waals surface area contributed by atoms with Crippen LogP contribution in [0.2, 0.25) is 5.02 Å². The first-order valence-electron chi connectivity index (χ1n) is 9.77. The Morgan fingerprint density at radius 1 is 1.21 bits per heavy atom. The molecule has 2 amide bonds. The number of likely N-dealkylation sites (tertiary alicyclic amines) is 1. The Morgan fingerprint density at radius 2 is 1.97 bits per heavy atom. The molecule has 2 aromatic carbocycles. The van der Waals surface area contributed by atoms with Gasteiger partial charge in [-0.25, -0.2) is 0 Å². The van der Waals surface area contributed by atoms with E-state index < -0.39 is 6.04 Å². The van der Waals surface area contributed by atoms with Gasteiger partial charge in [-0.3, -0.25) is 9.59 Å². The zero-order valence-corrected chi connectivity index (χ0v) is 18.1. The lowest BCUT2D eigenvalue weighted by Gasteiger charge is -2.29. The van der Waals surface area contributed by atoms with Crippen LogP contribution >= 0.6 is 11.6 Å². The highest BCUT2D eigenvalue weighted by Crippen LogP contribution is 2.28. The largest absolute Gasteiger partial charge is 0.496 e. The summed E-state index contributed by atoms with van der Waals surface area (Å²) in [6.45, 7) is 5.17. The summed E-state index contributed by atoms with van der Waals surface area (Å²) in [6, 6.07) is 10.7. The molecule has 0 aliphatic carbocycles. The van der Waals surface area contributed by atoms with Gasteiger partial charge in [0.1, 0.15) is 11.8 Å². The lowest BCUT2D eigenvalue weighted by molar-refractivity contribution is -0.134. The van der Waals surface area contributed by atoms with Gasteiger partial charge in [0, 0.05) is 25.2 Å². The van der Waals surface area contributed by atoms with Crippen LogP contribution in [0, 0.1) is 13.8 Å². The molecular weight excluding hydrogens is 388 g/mol. The third-order valence-corrected chi connectivity index (χ3v) is 5.71. The summed E-state index contributed by atoms with van der Waals surface area (Å²) in [7, 11) is 3.31. The van der Waals surface area contributed by atoms with Crippen molar-refractivity contribution in [3.05, 3.63) is 63.7 Å². The number of hydrogen-bond donors (Lipinski definition) is 0. The number of rotatable bonds is 5.